The van der Waals surface area contributed by atoms with Crippen molar-refractivity contribution in [1.82, 2.24) is 0 Å². The number of aryl methyl sites for hydroxylation is 1. The van der Waals surface area contributed by atoms with E-state index >= 15 is 0 Å². The summed E-state index contributed by atoms with van der Waals surface area (Å²) >= 11 is 0. The van der Waals surface area contributed by atoms with E-state index < -0.39 is 0 Å². The Morgan fingerprint density at radius 1 is 1.04 bits per heavy atom. The summed E-state index contributed by atoms with van der Waals surface area (Å²) in [6, 6.07) is 16.5. The molecular formula is C21H27NO2. The van der Waals surface area contributed by atoms with Crippen LogP contribution in [0.3, 0.4) is 0 Å². The van der Waals surface area contributed by atoms with Gasteiger partial charge in [0, 0.05) is 6.07 Å². The highest BCUT2D eigenvalue weighted by Gasteiger charge is 2.19. The van der Waals surface area contributed by atoms with Gasteiger partial charge in [0.2, 0.25) is 0 Å². The Balaban J connectivity index is 1.55. The lowest BCUT2D eigenvalue weighted by molar-refractivity contribution is 0.159. The van der Waals surface area contributed by atoms with Crippen molar-refractivity contribution < 1.29 is 9.47 Å². The zero-order valence-electron chi connectivity index (χ0n) is 14.2. The first kappa shape index (κ1) is 16.8. The van der Waals surface area contributed by atoms with Gasteiger partial charge in [-0.2, -0.15) is 0 Å². The zero-order valence-corrected chi connectivity index (χ0v) is 14.2. The van der Waals surface area contributed by atoms with Crippen molar-refractivity contribution >= 4 is 0 Å². The normalized spacial score (nSPS) is 16.3. The monoisotopic (exact) mass is 325 g/mol. The Kier molecular flexibility index (Phi) is 6.13. The van der Waals surface area contributed by atoms with E-state index in [-0.39, 0.29) is 0 Å². The smallest absolute Gasteiger partial charge is 0.126 e. The predicted molar refractivity (Wildman–Crippen MR) is 97.5 cm³/mol. The zero-order chi connectivity index (χ0) is 16.6. The second kappa shape index (κ2) is 8.74. The minimum Gasteiger partial charge on any atom is -0.490 e. The molecule has 1 aliphatic heterocycles. The van der Waals surface area contributed by atoms with E-state index in [1.807, 2.05) is 30.3 Å². The molecule has 1 heterocycles. The summed E-state index contributed by atoms with van der Waals surface area (Å²) in [5.41, 5.74) is 8.02. The SMILES string of the molecule is NCCCCCC1CCc2ccc(OCc3ccccc3)cc2O1. The molecule has 0 amide bonds. The van der Waals surface area contributed by atoms with Crippen LogP contribution in [0.5, 0.6) is 11.5 Å². The van der Waals surface area contributed by atoms with E-state index in [0.717, 1.165) is 43.7 Å². The molecule has 1 atom stereocenters. The molecule has 0 saturated carbocycles. The first-order valence-electron chi connectivity index (χ1n) is 9.01. The van der Waals surface area contributed by atoms with Crippen LogP contribution in [0.1, 0.15) is 43.2 Å². The molecule has 0 bridgehead atoms. The topological polar surface area (TPSA) is 44.5 Å². The Morgan fingerprint density at radius 2 is 1.92 bits per heavy atom. The van der Waals surface area contributed by atoms with Gasteiger partial charge in [0.15, 0.2) is 0 Å². The average molecular weight is 325 g/mol. The van der Waals surface area contributed by atoms with E-state index in [9.17, 15) is 0 Å². The first-order valence-corrected chi connectivity index (χ1v) is 9.01. The summed E-state index contributed by atoms with van der Waals surface area (Å²) in [5, 5.41) is 0. The van der Waals surface area contributed by atoms with Crippen molar-refractivity contribution in [2.24, 2.45) is 5.73 Å². The molecule has 3 nitrogen and oxygen atoms in total. The fourth-order valence-electron chi connectivity index (χ4n) is 3.13. The molecule has 1 unspecified atom stereocenters. The van der Waals surface area contributed by atoms with Crippen LogP contribution in [0, 0.1) is 0 Å². The molecule has 128 valence electrons. The molecule has 0 aliphatic carbocycles. The number of hydrogen-bond donors (Lipinski definition) is 1. The van der Waals surface area contributed by atoms with Crippen molar-refractivity contribution in [3.8, 4) is 11.5 Å². The van der Waals surface area contributed by atoms with Crippen LogP contribution in [-0.4, -0.2) is 12.6 Å². The van der Waals surface area contributed by atoms with Gasteiger partial charge in [-0.1, -0.05) is 42.8 Å². The Bertz CT molecular complexity index is 627. The van der Waals surface area contributed by atoms with Gasteiger partial charge < -0.3 is 15.2 Å². The highest BCUT2D eigenvalue weighted by Crippen LogP contribution is 2.33. The third-order valence-electron chi connectivity index (χ3n) is 4.55. The predicted octanol–water partition coefficient (Wildman–Crippen LogP) is 4.48. The van der Waals surface area contributed by atoms with Crippen LogP contribution in [0.4, 0.5) is 0 Å². The minimum absolute atomic E-state index is 0.333. The van der Waals surface area contributed by atoms with E-state index in [1.54, 1.807) is 0 Å². The number of benzene rings is 2. The first-order chi connectivity index (χ1) is 11.8. The van der Waals surface area contributed by atoms with Crippen LogP contribution >= 0.6 is 0 Å². The molecule has 24 heavy (non-hydrogen) atoms. The minimum atomic E-state index is 0.333. The third-order valence-corrected chi connectivity index (χ3v) is 4.55. The number of hydrogen-bond acceptors (Lipinski definition) is 3. The molecule has 2 aromatic carbocycles. The van der Waals surface area contributed by atoms with Gasteiger partial charge in [-0.25, -0.2) is 0 Å². The van der Waals surface area contributed by atoms with E-state index in [4.69, 9.17) is 15.2 Å². The van der Waals surface area contributed by atoms with Crippen molar-refractivity contribution in [1.29, 1.82) is 0 Å². The number of unbranched alkanes of at least 4 members (excludes halogenated alkanes) is 2. The average Bonchev–Trinajstić information content (AvgIpc) is 2.64. The molecule has 0 fully saturated rings. The van der Waals surface area contributed by atoms with Gasteiger partial charge in [0.1, 0.15) is 18.1 Å². The molecule has 0 saturated heterocycles. The maximum atomic E-state index is 6.19. The standard InChI is InChI=1S/C21H27NO2/c22-14-6-2-5-9-19-12-10-18-11-13-20(15-21(18)24-19)23-16-17-7-3-1-4-8-17/h1,3-4,7-8,11,13,15,19H,2,5-6,9-10,12,14,16,22H2. The molecule has 0 aromatic heterocycles. The summed E-state index contributed by atoms with van der Waals surface area (Å²) in [6.45, 7) is 1.37. The summed E-state index contributed by atoms with van der Waals surface area (Å²) in [7, 11) is 0. The maximum absolute atomic E-state index is 6.19. The third kappa shape index (κ3) is 4.75. The summed E-state index contributed by atoms with van der Waals surface area (Å²) in [4.78, 5) is 0. The highest BCUT2D eigenvalue weighted by molar-refractivity contribution is 5.42. The van der Waals surface area contributed by atoms with Crippen LogP contribution in [0.15, 0.2) is 48.5 Å². The molecule has 3 rings (SSSR count). The lowest BCUT2D eigenvalue weighted by Crippen LogP contribution is -2.22. The lowest BCUT2D eigenvalue weighted by Gasteiger charge is -2.26. The Hall–Kier alpha value is -2.00. The molecular weight excluding hydrogens is 298 g/mol. The van der Waals surface area contributed by atoms with Crippen molar-refractivity contribution in [2.75, 3.05) is 6.54 Å². The lowest BCUT2D eigenvalue weighted by atomic mass is 9.98. The van der Waals surface area contributed by atoms with Crippen LogP contribution < -0.4 is 15.2 Å². The van der Waals surface area contributed by atoms with Crippen LogP contribution in [0.2, 0.25) is 0 Å². The van der Waals surface area contributed by atoms with Gasteiger partial charge in [-0.05, 0) is 55.8 Å². The number of ether oxygens (including phenoxy) is 2. The fraction of sp³-hybridized carbons (Fsp3) is 0.429. The second-order valence-corrected chi connectivity index (χ2v) is 6.46. The maximum Gasteiger partial charge on any atom is 0.126 e. The number of fused-ring (bicyclic) bond motifs is 1. The van der Waals surface area contributed by atoms with E-state index in [0.29, 0.717) is 12.7 Å². The quantitative estimate of drug-likeness (QED) is 0.728. The molecule has 2 N–H and O–H groups in total. The molecule has 1 aliphatic rings. The molecule has 0 radical (unpaired) electrons. The highest BCUT2D eigenvalue weighted by atomic mass is 16.5. The number of rotatable bonds is 8. The Labute approximate surface area is 144 Å². The van der Waals surface area contributed by atoms with Crippen LogP contribution in [-0.2, 0) is 13.0 Å². The van der Waals surface area contributed by atoms with Gasteiger partial charge in [-0.3, -0.25) is 0 Å². The van der Waals surface area contributed by atoms with E-state index in [2.05, 4.69) is 18.2 Å². The van der Waals surface area contributed by atoms with Crippen molar-refractivity contribution in [2.45, 2.75) is 51.2 Å². The second-order valence-electron chi connectivity index (χ2n) is 6.46. The summed E-state index contributed by atoms with van der Waals surface area (Å²) < 4.78 is 12.1. The van der Waals surface area contributed by atoms with Crippen molar-refractivity contribution in [3.05, 3.63) is 59.7 Å². The molecule has 0 spiro atoms. The molecule has 2 aromatic rings. The number of nitrogens with two attached hydrogens (primary N) is 1. The van der Waals surface area contributed by atoms with Gasteiger partial charge in [-0.15, -0.1) is 0 Å². The van der Waals surface area contributed by atoms with Gasteiger partial charge in [0.05, 0.1) is 6.10 Å². The fourth-order valence-corrected chi connectivity index (χ4v) is 3.13. The summed E-state index contributed by atoms with van der Waals surface area (Å²) in [6.07, 6.45) is 7.16. The van der Waals surface area contributed by atoms with Crippen molar-refractivity contribution in [3.63, 3.8) is 0 Å². The summed E-state index contributed by atoms with van der Waals surface area (Å²) in [5.74, 6) is 1.87. The van der Waals surface area contributed by atoms with Gasteiger partial charge >= 0.3 is 0 Å². The molecule has 3 heteroatoms. The largest absolute Gasteiger partial charge is 0.490 e. The van der Waals surface area contributed by atoms with Crippen LogP contribution in [0.25, 0.3) is 0 Å². The Morgan fingerprint density at radius 3 is 2.75 bits per heavy atom. The van der Waals surface area contributed by atoms with Gasteiger partial charge in [0.25, 0.3) is 0 Å². The van der Waals surface area contributed by atoms with E-state index in [1.165, 1.54) is 24.0 Å².